The molecule has 1 amide bonds. The molecule has 4 heteroatoms. The second kappa shape index (κ2) is 8.79. The Hall–Kier alpha value is -2.72. The summed E-state index contributed by atoms with van der Waals surface area (Å²) in [5, 5.41) is 12.4. The van der Waals surface area contributed by atoms with Crippen molar-refractivity contribution in [2.75, 3.05) is 6.61 Å². The predicted octanol–water partition coefficient (Wildman–Crippen LogP) is 3.30. The van der Waals surface area contributed by atoms with Crippen LogP contribution in [-0.2, 0) is 4.79 Å². The maximum atomic E-state index is 12.4. The highest BCUT2D eigenvalue weighted by Gasteiger charge is 2.24. The number of nitrogens with one attached hydrogen (secondary N) is 1. The van der Waals surface area contributed by atoms with Gasteiger partial charge in [0, 0.05) is 11.6 Å². The standard InChI is InChI=1S/C20H22N2O2/c1-3-12-24-19-11-7-5-9-16(19)13-17(14-21)20(23)22-18-10-6-4-8-15(18)2/h1,5,7,9,11,13,15,18H,4,6,8,10,12H2,2H3,(H,22,23)/b17-13+/t15-,18+/m0/s1. The van der Waals surface area contributed by atoms with Gasteiger partial charge in [-0.3, -0.25) is 4.79 Å². The van der Waals surface area contributed by atoms with Gasteiger partial charge in [0.15, 0.2) is 0 Å². The average molecular weight is 322 g/mol. The highest BCUT2D eigenvalue weighted by atomic mass is 16.5. The van der Waals surface area contributed by atoms with Crippen LogP contribution in [-0.4, -0.2) is 18.6 Å². The summed E-state index contributed by atoms with van der Waals surface area (Å²) in [5.41, 5.74) is 0.737. The first-order valence-corrected chi connectivity index (χ1v) is 8.23. The minimum absolute atomic E-state index is 0.0736. The van der Waals surface area contributed by atoms with Gasteiger partial charge in [-0.1, -0.05) is 43.9 Å². The van der Waals surface area contributed by atoms with Gasteiger partial charge in [-0.05, 0) is 30.9 Å². The number of rotatable bonds is 5. The lowest BCUT2D eigenvalue weighted by Gasteiger charge is -2.29. The van der Waals surface area contributed by atoms with E-state index in [9.17, 15) is 10.1 Å². The third-order valence-electron chi connectivity index (χ3n) is 4.32. The molecule has 24 heavy (non-hydrogen) atoms. The molecule has 1 aromatic rings. The highest BCUT2D eigenvalue weighted by molar-refractivity contribution is 6.02. The van der Waals surface area contributed by atoms with E-state index in [0.29, 0.717) is 17.2 Å². The number of hydrogen-bond acceptors (Lipinski definition) is 3. The summed E-state index contributed by atoms with van der Waals surface area (Å²) in [4.78, 5) is 12.4. The van der Waals surface area contributed by atoms with Crippen LogP contribution in [0.1, 0.15) is 38.2 Å². The molecule has 2 rings (SSSR count). The van der Waals surface area contributed by atoms with E-state index < -0.39 is 0 Å². The topological polar surface area (TPSA) is 62.1 Å². The number of nitrogens with zero attached hydrogens (tertiary/aromatic N) is 1. The highest BCUT2D eigenvalue weighted by Crippen LogP contribution is 2.25. The number of carbonyl (C=O) groups excluding carboxylic acids is 1. The first-order chi connectivity index (χ1) is 11.7. The number of amides is 1. The van der Waals surface area contributed by atoms with Gasteiger partial charge in [0.05, 0.1) is 0 Å². The lowest BCUT2D eigenvalue weighted by Crippen LogP contribution is -2.41. The van der Waals surface area contributed by atoms with Crippen LogP contribution in [0.15, 0.2) is 29.8 Å². The Morgan fingerprint density at radius 1 is 1.42 bits per heavy atom. The molecule has 0 radical (unpaired) electrons. The molecule has 2 atom stereocenters. The van der Waals surface area contributed by atoms with Gasteiger partial charge in [-0.15, -0.1) is 6.42 Å². The van der Waals surface area contributed by atoms with Gasteiger partial charge in [0.2, 0.25) is 0 Å². The van der Waals surface area contributed by atoms with E-state index in [0.717, 1.165) is 19.3 Å². The van der Waals surface area contributed by atoms with Crippen LogP contribution in [0, 0.1) is 29.6 Å². The van der Waals surface area contributed by atoms with Gasteiger partial charge < -0.3 is 10.1 Å². The predicted molar refractivity (Wildman–Crippen MR) is 93.9 cm³/mol. The van der Waals surface area contributed by atoms with Crippen molar-refractivity contribution in [3.05, 3.63) is 35.4 Å². The number of nitriles is 1. The zero-order chi connectivity index (χ0) is 17.4. The molecule has 0 heterocycles. The Morgan fingerprint density at radius 2 is 2.17 bits per heavy atom. The van der Waals surface area contributed by atoms with Crippen molar-refractivity contribution in [3.63, 3.8) is 0 Å². The molecule has 1 aromatic carbocycles. The van der Waals surface area contributed by atoms with Crippen LogP contribution in [0.25, 0.3) is 6.08 Å². The Morgan fingerprint density at radius 3 is 2.88 bits per heavy atom. The van der Waals surface area contributed by atoms with E-state index >= 15 is 0 Å². The summed E-state index contributed by atoms with van der Waals surface area (Å²) in [6.45, 7) is 2.28. The van der Waals surface area contributed by atoms with E-state index in [2.05, 4.69) is 18.2 Å². The van der Waals surface area contributed by atoms with E-state index in [1.165, 1.54) is 6.42 Å². The summed E-state index contributed by atoms with van der Waals surface area (Å²) < 4.78 is 5.46. The third-order valence-corrected chi connectivity index (χ3v) is 4.32. The zero-order valence-electron chi connectivity index (χ0n) is 13.9. The molecule has 1 aliphatic carbocycles. The number of benzene rings is 1. The van der Waals surface area contributed by atoms with Crippen LogP contribution >= 0.6 is 0 Å². The molecular weight excluding hydrogens is 300 g/mol. The first kappa shape index (κ1) is 17.6. The number of hydrogen-bond donors (Lipinski definition) is 1. The average Bonchev–Trinajstić information content (AvgIpc) is 2.60. The van der Waals surface area contributed by atoms with Crippen molar-refractivity contribution in [2.24, 2.45) is 5.92 Å². The maximum absolute atomic E-state index is 12.4. The van der Waals surface area contributed by atoms with E-state index in [-0.39, 0.29) is 24.1 Å². The maximum Gasteiger partial charge on any atom is 0.262 e. The number of ether oxygens (including phenoxy) is 1. The molecule has 1 aliphatic rings. The molecule has 0 saturated heterocycles. The quantitative estimate of drug-likeness (QED) is 0.514. The Labute approximate surface area is 143 Å². The number of carbonyl (C=O) groups is 1. The Kier molecular flexibility index (Phi) is 6.46. The summed E-state index contributed by atoms with van der Waals surface area (Å²) in [7, 11) is 0. The zero-order valence-corrected chi connectivity index (χ0v) is 13.9. The SMILES string of the molecule is C#CCOc1ccccc1/C=C(\C#N)C(=O)N[C@@H]1CCCC[C@@H]1C. The van der Waals surface area contributed by atoms with Gasteiger partial charge in [-0.25, -0.2) is 0 Å². The lowest BCUT2D eigenvalue weighted by molar-refractivity contribution is -0.118. The summed E-state index contributed by atoms with van der Waals surface area (Å²) in [5.74, 6) is 3.07. The Balaban J connectivity index is 2.15. The van der Waals surface area contributed by atoms with Gasteiger partial charge in [0.25, 0.3) is 5.91 Å². The molecule has 0 bridgehead atoms. The molecule has 4 nitrogen and oxygen atoms in total. The van der Waals surface area contributed by atoms with Crippen molar-refractivity contribution in [1.82, 2.24) is 5.32 Å². The van der Waals surface area contributed by atoms with Crippen molar-refractivity contribution in [2.45, 2.75) is 38.6 Å². The molecular formula is C20H22N2O2. The fourth-order valence-corrected chi connectivity index (χ4v) is 2.93. The number of terminal acetylenes is 1. The molecule has 1 fully saturated rings. The summed E-state index contributed by atoms with van der Waals surface area (Å²) in [6, 6.07) is 9.32. The van der Waals surface area contributed by atoms with Crippen LogP contribution in [0.4, 0.5) is 0 Å². The molecule has 124 valence electrons. The smallest absolute Gasteiger partial charge is 0.262 e. The summed E-state index contributed by atoms with van der Waals surface area (Å²) in [6.07, 6.45) is 11.2. The minimum Gasteiger partial charge on any atom is -0.480 e. The van der Waals surface area contributed by atoms with E-state index in [4.69, 9.17) is 11.2 Å². The molecule has 1 saturated carbocycles. The molecule has 0 unspecified atom stereocenters. The van der Waals surface area contributed by atoms with E-state index in [1.807, 2.05) is 18.2 Å². The third kappa shape index (κ3) is 4.64. The van der Waals surface area contributed by atoms with Gasteiger partial charge >= 0.3 is 0 Å². The summed E-state index contributed by atoms with van der Waals surface area (Å²) >= 11 is 0. The van der Waals surface area contributed by atoms with Gasteiger partial charge in [0.1, 0.15) is 24.0 Å². The second-order valence-corrected chi connectivity index (χ2v) is 6.04. The van der Waals surface area contributed by atoms with Crippen LogP contribution in [0.3, 0.4) is 0 Å². The Bertz CT molecular complexity index is 694. The molecule has 0 aliphatic heterocycles. The number of para-hydroxylation sites is 1. The lowest BCUT2D eigenvalue weighted by atomic mass is 9.86. The second-order valence-electron chi connectivity index (χ2n) is 6.04. The fourth-order valence-electron chi connectivity index (χ4n) is 2.93. The van der Waals surface area contributed by atoms with Crippen LogP contribution in [0.2, 0.25) is 0 Å². The van der Waals surface area contributed by atoms with Gasteiger partial charge in [-0.2, -0.15) is 5.26 Å². The first-order valence-electron chi connectivity index (χ1n) is 8.23. The van der Waals surface area contributed by atoms with E-state index in [1.54, 1.807) is 18.2 Å². The van der Waals surface area contributed by atoms with Crippen molar-refractivity contribution in [1.29, 1.82) is 5.26 Å². The molecule has 1 N–H and O–H groups in total. The van der Waals surface area contributed by atoms with Crippen molar-refractivity contribution < 1.29 is 9.53 Å². The fraction of sp³-hybridized carbons (Fsp3) is 0.400. The minimum atomic E-state index is -0.331. The largest absolute Gasteiger partial charge is 0.480 e. The molecule has 0 aromatic heterocycles. The van der Waals surface area contributed by atoms with Crippen molar-refractivity contribution >= 4 is 12.0 Å². The van der Waals surface area contributed by atoms with Crippen molar-refractivity contribution in [3.8, 4) is 24.2 Å². The van der Waals surface area contributed by atoms with Crippen LogP contribution in [0.5, 0.6) is 5.75 Å². The van der Waals surface area contributed by atoms with Crippen LogP contribution < -0.4 is 10.1 Å². The normalized spacial score (nSPS) is 20.5. The molecule has 0 spiro atoms. The monoisotopic (exact) mass is 322 g/mol.